The fourth-order valence-electron chi connectivity index (χ4n) is 1.22. The number of thioether (sulfide) groups is 1. The second kappa shape index (κ2) is 5.32. The summed E-state index contributed by atoms with van der Waals surface area (Å²) in [5, 5.41) is 9.11. The molecule has 0 saturated heterocycles. The average molecular weight is 244 g/mol. The van der Waals surface area contributed by atoms with Crippen LogP contribution in [0.2, 0.25) is 0 Å². The van der Waals surface area contributed by atoms with Gasteiger partial charge in [-0.15, -0.1) is 0 Å². The van der Waals surface area contributed by atoms with E-state index in [0.717, 1.165) is 0 Å². The molecule has 2 aromatic rings. The zero-order valence-corrected chi connectivity index (χ0v) is 9.61. The third kappa shape index (κ3) is 2.95. The van der Waals surface area contributed by atoms with Crippen molar-refractivity contribution in [2.24, 2.45) is 0 Å². The molecule has 2 rings (SSSR count). The Hall–Kier alpha value is -2.06. The summed E-state index contributed by atoms with van der Waals surface area (Å²) in [6.07, 6.45) is 3.00. The molecular formula is C12H8N2O2S. The minimum absolute atomic E-state index is 0.0160. The minimum Gasteiger partial charge on any atom is -0.440 e. The van der Waals surface area contributed by atoms with Crippen LogP contribution in [0.5, 0.6) is 0 Å². The molecule has 0 aliphatic carbocycles. The van der Waals surface area contributed by atoms with Crippen molar-refractivity contribution in [3.05, 3.63) is 47.9 Å². The number of hydrogen-bond acceptors (Lipinski definition) is 5. The molecule has 0 amide bonds. The highest BCUT2D eigenvalue weighted by Gasteiger charge is 2.08. The molecule has 17 heavy (non-hydrogen) atoms. The van der Waals surface area contributed by atoms with Gasteiger partial charge in [0.1, 0.15) is 6.26 Å². The molecule has 0 bridgehead atoms. The summed E-state index contributed by atoms with van der Waals surface area (Å²) in [6.45, 7) is 0. The van der Waals surface area contributed by atoms with Gasteiger partial charge in [-0.25, -0.2) is 4.98 Å². The number of aromatic nitrogens is 1. The lowest BCUT2D eigenvalue weighted by molar-refractivity contribution is 0.102. The summed E-state index contributed by atoms with van der Waals surface area (Å²) in [5.74, 6) is 0.254. The van der Waals surface area contributed by atoms with E-state index in [0.29, 0.717) is 16.3 Å². The monoisotopic (exact) mass is 244 g/mol. The van der Waals surface area contributed by atoms with E-state index in [-0.39, 0.29) is 11.5 Å². The van der Waals surface area contributed by atoms with E-state index < -0.39 is 0 Å². The van der Waals surface area contributed by atoms with Gasteiger partial charge in [-0.05, 0) is 12.1 Å². The molecule has 1 aromatic carbocycles. The number of rotatable bonds is 4. The number of nitrogens with zero attached hydrogens (tertiary/aromatic N) is 2. The first-order chi connectivity index (χ1) is 8.29. The molecule has 0 atom stereocenters. The summed E-state index contributed by atoms with van der Waals surface area (Å²) in [4.78, 5) is 15.7. The maximum absolute atomic E-state index is 11.8. The predicted molar refractivity (Wildman–Crippen MR) is 62.7 cm³/mol. The number of benzene rings is 1. The second-order valence-electron chi connectivity index (χ2n) is 3.20. The summed E-state index contributed by atoms with van der Waals surface area (Å²) in [5.41, 5.74) is 1.13. The van der Waals surface area contributed by atoms with E-state index in [1.54, 1.807) is 24.3 Å². The first-order valence-corrected chi connectivity index (χ1v) is 5.84. The lowest BCUT2D eigenvalue weighted by Crippen LogP contribution is -2.02. The molecular weight excluding hydrogens is 236 g/mol. The Morgan fingerprint density at radius 3 is 2.76 bits per heavy atom. The molecule has 0 fully saturated rings. The Morgan fingerprint density at radius 1 is 1.41 bits per heavy atom. The fraction of sp³-hybridized carbons (Fsp3) is 0.0833. The molecule has 4 nitrogen and oxygen atoms in total. The van der Waals surface area contributed by atoms with E-state index in [9.17, 15) is 4.79 Å². The van der Waals surface area contributed by atoms with Gasteiger partial charge in [0.25, 0.3) is 5.22 Å². The zero-order valence-electron chi connectivity index (χ0n) is 8.79. The Morgan fingerprint density at radius 2 is 2.18 bits per heavy atom. The van der Waals surface area contributed by atoms with E-state index in [1.165, 1.54) is 24.2 Å². The lowest BCUT2D eigenvalue weighted by atomic mass is 10.1. The quantitative estimate of drug-likeness (QED) is 0.610. The lowest BCUT2D eigenvalue weighted by Gasteiger charge is -1.98. The van der Waals surface area contributed by atoms with Gasteiger partial charge in [-0.1, -0.05) is 23.9 Å². The second-order valence-corrected chi connectivity index (χ2v) is 4.13. The molecule has 0 saturated carbocycles. The Labute approximate surface area is 102 Å². The smallest absolute Gasteiger partial charge is 0.255 e. The number of oxazole rings is 1. The maximum atomic E-state index is 11.8. The highest BCUT2D eigenvalue weighted by molar-refractivity contribution is 7.99. The highest BCUT2D eigenvalue weighted by Crippen LogP contribution is 2.16. The summed E-state index contributed by atoms with van der Waals surface area (Å²) < 4.78 is 5.01. The minimum atomic E-state index is -0.0160. The average Bonchev–Trinajstić information content (AvgIpc) is 2.89. The number of ketones is 1. The van der Waals surface area contributed by atoms with Crippen molar-refractivity contribution in [2.75, 3.05) is 5.75 Å². The fourth-order valence-corrected chi connectivity index (χ4v) is 1.90. The molecule has 84 valence electrons. The van der Waals surface area contributed by atoms with Crippen LogP contribution in [0.3, 0.4) is 0 Å². The van der Waals surface area contributed by atoms with E-state index in [1.807, 2.05) is 6.07 Å². The van der Waals surface area contributed by atoms with Crippen LogP contribution in [0.15, 0.2) is 46.4 Å². The molecule has 0 radical (unpaired) electrons. The topological polar surface area (TPSA) is 66.9 Å². The molecule has 5 heteroatoms. The normalized spacial score (nSPS) is 9.82. The van der Waals surface area contributed by atoms with Gasteiger partial charge in [0, 0.05) is 5.56 Å². The van der Waals surface area contributed by atoms with Crippen LogP contribution in [0, 0.1) is 11.3 Å². The zero-order chi connectivity index (χ0) is 12.1. The summed E-state index contributed by atoms with van der Waals surface area (Å²) in [6, 6.07) is 8.56. The van der Waals surface area contributed by atoms with Gasteiger partial charge in [0.15, 0.2) is 5.78 Å². The maximum Gasteiger partial charge on any atom is 0.255 e. The molecule has 0 N–H and O–H groups in total. The highest BCUT2D eigenvalue weighted by atomic mass is 32.2. The molecule has 0 spiro atoms. The van der Waals surface area contributed by atoms with Crippen LogP contribution in [-0.4, -0.2) is 16.5 Å². The van der Waals surface area contributed by atoms with Crippen molar-refractivity contribution >= 4 is 17.5 Å². The molecule has 1 heterocycles. The van der Waals surface area contributed by atoms with Crippen LogP contribution >= 0.6 is 11.8 Å². The predicted octanol–water partition coefficient (Wildman–Crippen LogP) is 2.52. The van der Waals surface area contributed by atoms with Gasteiger partial charge >= 0.3 is 0 Å². The number of nitriles is 1. The van der Waals surface area contributed by atoms with Gasteiger partial charge in [0.05, 0.1) is 23.6 Å². The van der Waals surface area contributed by atoms with Gasteiger partial charge in [-0.3, -0.25) is 4.79 Å². The Kier molecular flexibility index (Phi) is 3.58. The van der Waals surface area contributed by atoms with Crippen LogP contribution in [-0.2, 0) is 0 Å². The summed E-state index contributed by atoms with van der Waals surface area (Å²) >= 11 is 1.25. The molecule has 0 aliphatic heterocycles. The van der Waals surface area contributed by atoms with Crippen molar-refractivity contribution < 1.29 is 9.21 Å². The largest absolute Gasteiger partial charge is 0.440 e. The summed E-state index contributed by atoms with van der Waals surface area (Å²) in [7, 11) is 0. The molecule has 0 aliphatic rings. The standard InChI is InChI=1S/C12H8N2O2S/c13-7-9-1-3-10(4-2-9)11(15)8-17-12-14-5-6-16-12/h1-6H,8H2. The van der Waals surface area contributed by atoms with Crippen LogP contribution < -0.4 is 0 Å². The van der Waals surface area contributed by atoms with E-state index in [4.69, 9.17) is 9.68 Å². The van der Waals surface area contributed by atoms with Crippen molar-refractivity contribution in [3.63, 3.8) is 0 Å². The first kappa shape index (κ1) is 11.4. The van der Waals surface area contributed by atoms with Crippen molar-refractivity contribution in [2.45, 2.75) is 5.22 Å². The number of Topliss-reactive ketones (excluding diaryl/α,β-unsaturated/α-hetero) is 1. The van der Waals surface area contributed by atoms with Crippen LogP contribution in [0.25, 0.3) is 0 Å². The van der Waals surface area contributed by atoms with Crippen molar-refractivity contribution in [3.8, 4) is 6.07 Å². The van der Waals surface area contributed by atoms with E-state index in [2.05, 4.69) is 4.98 Å². The number of hydrogen-bond donors (Lipinski definition) is 0. The SMILES string of the molecule is N#Cc1ccc(C(=O)CSc2ncco2)cc1. The Balaban J connectivity index is 1.97. The third-order valence-corrected chi connectivity index (χ3v) is 2.93. The van der Waals surface area contributed by atoms with Crippen LogP contribution in [0.4, 0.5) is 0 Å². The molecule has 0 unspecified atom stereocenters. The molecule has 1 aromatic heterocycles. The first-order valence-electron chi connectivity index (χ1n) is 4.85. The van der Waals surface area contributed by atoms with Gasteiger partial charge < -0.3 is 4.42 Å². The van der Waals surface area contributed by atoms with Crippen molar-refractivity contribution in [1.29, 1.82) is 5.26 Å². The van der Waals surface area contributed by atoms with Gasteiger partial charge in [0.2, 0.25) is 0 Å². The Bertz CT molecular complexity index is 541. The van der Waals surface area contributed by atoms with Crippen molar-refractivity contribution in [1.82, 2.24) is 4.98 Å². The van der Waals surface area contributed by atoms with E-state index >= 15 is 0 Å². The van der Waals surface area contributed by atoms with Gasteiger partial charge in [-0.2, -0.15) is 5.26 Å². The van der Waals surface area contributed by atoms with Crippen LogP contribution in [0.1, 0.15) is 15.9 Å². The number of carbonyl (C=O) groups excluding carboxylic acids is 1. The number of carbonyl (C=O) groups is 1. The third-order valence-electron chi connectivity index (χ3n) is 2.07.